The standard InChI is InChI=1S/C20H31N3O2/c1-3-16-4-6-17(7-5-16)19(23-13-10-21-15(2)14-23)20(25)22-11-8-18(24)9-12-22/h4-7,15,18-19,21,24H,3,8-14H2,1-2H3. The number of nitrogens with one attached hydrogen (secondary N) is 1. The molecule has 0 radical (unpaired) electrons. The average Bonchev–Trinajstić information content (AvgIpc) is 2.63. The van der Waals surface area contributed by atoms with Crippen LogP contribution in [-0.4, -0.2) is 65.7 Å². The number of nitrogens with zero attached hydrogens (tertiary/aromatic N) is 2. The average molecular weight is 345 g/mol. The van der Waals surface area contributed by atoms with Gasteiger partial charge in [-0.05, 0) is 37.3 Å². The van der Waals surface area contributed by atoms with Gasteiger partial charge in [0, 0.05) is 38.8 Å². The van der Waals surface area contributed by atoms with Crippen LogP contribution in [0.1, 0.15) is 43.9 Å². The van der Waals surface area contributed by atoms with Gasteiger partial charge in [-0.25, -0.2) is 0 Å². The Morgan fingerprint density at radius 2 is 1.92 bits per heavy atom. The second kappa shape index (κ2) is 8.30. The third kappa shape index (κ3) is 4.40. The number of piperidine rings is 1. The van der Waals surface area contributed by atoms with Gasteiger partial charge in [-0.1, -0.05) is 31.2 Å². The summed E-state index contributed by atoms with van der Waals surface area (Å²) >= 11 is 0. The van der Waals surface area contributed by atoms with Gasteiger partial charge in [0.2, 0.25) is 5.91 Å². The Kier molecular flexibility index (Phi) is 6.10. The molecular formula is C20H31N3O2. The van der Waals surface area contributed by atoms with Crippen molar-refractivity contribution < 1.29 is 9.90 Å². The summed E-state index contributed by atoms with van der Waals surface area (Å²) < 4.78 is 0. The van der Waals surface area contributed by atoms with E-state index in [2.05, 4.69) is 48.3 Å². The van der Waals surface area contributed by atoms with Crippen LogP contribution in [0.5, 0.6) is 0 Å². The number of piperazine rings is 1. The number of aryl methyl sites for hydroxylation is 1. The number of benzene rings is 1. The van der Waals surface area contributed by atoms with E-state index in [-0.39, 0.29) is 18.1 Å². The van der Waals surface area contributed by atoms with Gasteiger partial charge in [-0.2, -0.15) is 0 Å². The van der Waals surface area contributed by atoms with E-state index in [9.17, 15) is 9.90 Å². The maximum atomic E-state index is 13.3. The van der Waals surface area contributed by atoms with Crippen molar-refractivity contribution in [2.75, 3.05) is 32.7 Å². The zero-order valence-electron chi connectivity index (χ0n) is 15.4. The van der Waals surface area contributed by atoms with Gasteiger partial charge >= 0.3 is 0 Å². The predicted octanol–water partition coefficient (Wildman–Crippen LogP) is 1.57. The van der Waals surface area contributed by atoms with Crippen molar-refractivity contribution in [1.82, 2.24) is 15.1 Å². The molecule has 1 amide bonds. The molecule has 2 atom stereocenters. The molecule has 25 heavy (non-hydrogen) atoms. The van der Waals surface area contributed by atoms with Gasteiger partial charge in [0.15, 0.2) is 0 Å². The SMILES string of the molecule is CCc1ccc(C(C(=O)N2CCC(O)CC2)N2CCNC(C)C2)cc1. The second-order valence-electron chi connectivity index (χ2n) is 7.40. The lowest BCUT2D eigenvalue weighted by Crippen LogP contribution is -2.54. The summed E-state index contributed by atoms with van der Waals surface area (Å²) in [6.07, 6.45) is 2.12. The monoisotopic (exact) mass is 345 g/mol. The Hall–Kier alpha value is -1.43. The molecule has 5 heteroatoms. The molecule has 2 heterocycles. The maximum absolute atomic E-state index is 13.3. The quantitative estimate of drug-likeness (QED) is 0.870. The van der Waals surface area contributed by atoms with E-state index in [0.29, 0.717) is 32.0 Å². The van der Waals surface area contributed by atoms with Crippen LogP contribution < -0.4 is 5.32 Å². The van der Waals surface area contributed by atoms with Crippen molar-refractivity contribution in [1.29, 1.82) is 0 Å². The second-order valence-corrected chi connectivity index (χ2v) is 7.40. The highest BCUT2D eigenvalue weighted by atomic mass is 16.3. The molecule has 0 aromatic heterocycles. The first-order valence-electron chi connectivity index (χ1n) is 9.61. The molecule has 2 N–H and O–H groups in total. The Labute approximate surface area is 151 Å². The Morgan fingerprint density at radius 3 is 2.52 bits per heavy atom. The Bertz CT molecular complexity index is 567. The number of hydrogen-bond acceptors (Lipinski definition) is 4. The van der Waals surface area contributed by atoms with Crippen LogP contribution in [0.4, 0.5) is 0 Å². The summed E-state index contributed by atoms with van der Waals surface area (Å²) in [5, 5.41) is 13.2. The molecule has 0 spiro atoms. The van der Waals surface area contributed by atoms with Crippen molar-refractivity contribution >= 4 is 5.91 Å². The smallest absolute Gasteiger partial charge is 0.244 e. The Balaban J connectivity index is 1.83. The maximum Gasteiger partial charge on any atom is 0.244 e. The van der Waals surface area contributed by atoms with E-state index >= 15 is 0 Å². The van der Waals surface area contributed by atoms with Gasteiger partial charge in [0.05, 0.1) is 6.10 Å². The zero-order valence-corrected chi connectivity index (χ0v) is 15.4. The highest BCUT2D eigenvalue weighted by Crippen LogP contribution is 2.26. The third-order valence-corrected chi connectivity index (χ3v) is 5.48. The molecule has 0 aliphatic carbocycles. The number of hydrogen-bond donors (Lipinski definition) is 2. The van der Waals surface area contributed by atoms with Crippen LogP contribution in [0.3, 0.4) is 0 Å². The normalized spacial score (nSPS) is 24.3. The summed E-state index contributed by atoms with van der Waals surface area (Å²) in [5.41, 5.74) is 2.38. The molecule has 2 unspecified atom stereocenters. The molecule has 138 valence electrons. The van der Waals surface area contributed by atoms with Crippen LogP contribution in [0.2, 0.25) is 0 Å². The van der Waals surface area contributed by atoms with E-state index in [0.717, 1.165) is 31.6 Å². The third-order valence-electron chi connectivity index (χ3n) is 5.48. The number of likely N-dealkylation sites (tertiary alicyclic amines) is 1. The number of aliphatic hydroxyl groups excluding tert-OH is 1. The number of carbonyl (C=O) groups excluding carboxylic acids is 1. The molecule has 3 rings (SSSR count). The van der Waals surface area contributed by atoms with Crippen molar-refractivity contribution in [3.8, 4) is 0 Å². The van der Waals surface area contributed by atoms with Crippen molar-refractivity contribution in [2.45, 2.75) is 51.3 Å². The lowest BCUT2D eigenvalue weighted by Gasteiger charge is -2.40. The molecule has 0 bridgehead atoms. The lowest BCUT2D eigenvalue weighted by atomic mass is 9.98. The fraction of sp³-hybridized carbons (Fsp3) is 0.650. The highest BCUT2D eigenvalue weighted by molar-refractivity contribution is 5.83. The van der Waals surface area contributed by atoms with E-state index in [1.807, 2.05) is 4.90 Å². The van der Waals surface area contributed by atoms with Crippen molar-refractivity contribution in [3.05, 3.63) is 35.4 Å². The fourth-order valence-corrected chi connectivity index (χ4v) is 3.90. The van der Waals surface area contributed by atoms with Crippen LogP contribution >= 0.6 is 0 Å². The van der Waals surface area contributed by atoms with Crippen LogP contribution in [0, 0.1) is 0 Å². The predicted molar refractivity (Wildman–Crippen MR) is 99.4 cm³/mol. The molecular weight excluding hydrogens is 314 g/mol. The van der Waals surface area contributed by atoms with Gasteiger partial charge < -0.3 is 15.3 Å². The first-order valence-corrected chi connectivity index (χ1v) is 9.61. The van der Waals surface area contributed by atoms with E-state index in [1.165, 1.54) is 5.56 Å². The highest BCUT2D eigenvalue weighted by Gasteiger charge is 2.34. The summed E-state index contributed by atoms with van der Waals surface area (Å²) in [5.74, 6) is 0.185. The van der Waals surface area contributed by atoms with Gasteiger partial charge in [-0.3, -0.25) is 9.69 Å². The van der Waals surface area contributed by atoms with Crippen molar-refractivity contribution in [3.63, 3.8) is 0 Å². The van der Waals surface area contributed by atoms with Gasteiger partial charge in [-0.15, -0.1) is 0 Å². The lowest BCUT2D eigenvalue weighted by molar-refractivity contribution is -0.139. The summed E-state index contributed by atoms with van der Waals surface area (Å²) in [4.78, 5) is 17.6. The number of amides is 1. The molecule has 2 aliphatic heterocycles. The minimum absolute atomic E-state index is 0.185. The summed E-state index contributed by atoms with van der Waals surface area (Å²) in [6.45, 7) is 8.31. The molecule has 0 saturated carbocycles. The molecule has 2 saturated heterocycles. The largest absolute Gasteiger partial charge is 0.393 e. The van der Waals surface area contributed by atoms with Crippen molar-refractivity contribution in [2.24, 2.45) is 0 Å². The fourth-order valence-electron chi connectivity index (χ4n) is 3.90. The molecule has 2 aliphatic rings. The first kappa shape index (κ1) is 18.4. The summed E-state index contributed by atoms with van der Waals surface area (Å²) in [6, 6.07) is 8.69. The van der Waals surface area contributed by atoms with Crippen LogP contribution in [0.15, 0.2) is 24.3 Å². The van der Waals surface area contributed by atoms with E-state index < -0.39 is 0 Å². The number of aliphatic hydroxyl groups is 1. The molecule has 2 fully saturated rings. The Morgan fingerprint density at radius 1 is 1.24 bits per heavy atom. The van der Waals surface area contributed by atoms with Gasteiger partial charge in [0.1, 0.15) is 6.04 Å². The minimum Gasteiger partial charge on any atom is -0.393 e. The zero-order chi connectivity index (χ0) is 17.8. The summed E-state index contributed by atoms with van der Waals surface area (Å²) in [7, 11) is 0. The van der Waals surface area contributed by atoms with Crippen LogP contribution in [-0.2, 0) is 11.2 Å². The number of rotatable bonds is 4. The molecule has 5 nitrogen and oxygen atoms in total. The van der Waals surface area contributed by atoms with E-state index in [1.54, 1.807) is 0 Å². The minimum atomic E-state index is -0.259. The molecule has 1 aromatic rings. The van der Waals surface area contributed by atoms with Crippen LogP contribution in [0.25, 0.3) is 0 Å². The van der Waals surface area contributed by atoms with Gasteiger partial charge in [0.25, 0.3) is 0 Å². The first-order chi connectivity index (χ1) is 12.1. The topological polar surface area (TPSA) is 55.8 Å². The molecule has 1 aromatic carbocycles. The van der Waals surface area contributed by atoms with E-state index in [4.69, 9.17) is 0 Å². The number of carbonyl (C=O) groups is 1.